The molecular formula is C11H14ClNO3. The van der Waals surface area contributed by atoms with Gasteiger partial charge in [0.15, 0.2) is 0 Å². The van der Waals surface area contributed by atoms with Gasteiger partial charge in [-0.3, -0.25) is 4.79 Å². The molecule has 0 aliphatic rings. The first-order valence-electron chi connectivity index (χ1n) is 4.79. The van der Waals surface area contributed by atoms with Crippen LogP contribution in [0.3, 0.4) is 0 Å². The SMILES string of the molecule is COCCN(C)C(=O)c1cc(O)ccc1Cl. The van der Waals surface area contributed by atoms with Crippen molar-refractivity contribution in [2.45, 2.75) is 0 Å². The van der Waals surface area contributed by atoms with Gasteiger partial charge in [-0.2, -0.15) is 0 Å². The predicted molar refractivity (Wildman–Crippen MR) is 62.0 cm³/mol. The first kappa shape index (κ1) is 12.8. The number of carbonyl (C=O) groups is 1. The van der Waals surface area contributed by atoms with Crippen molar-refractivity contribution in [3.8, 4) is 5.75 Å². The molecule has 1 N–H and O–H groups in total. The van der Waals surface area contributed by atoms with Crippen molar-refractivity contribution in [3.63, 3.8) is 0 Å². The number of amides is 1. The Hall–Kier alpha value is -1.26. The number of likely N-dealkylation sites (N-methyl/N-ethyl adjacent to an activating group) is 1. The zero-order chi connectivity index (χ0) is 12.1. The Morgan fingerprint density at radius 1 is 1.56 bits per heavy atom. The van der Waals surface area contributed by atoms with Crippen LogP contribution in [0.5, 0.6) is 5.75 Å². The molecule has 1 rings (SSSR count). The molecule has 0 atom stereocenters. The molecule has 0 spiro atoms. The average Bonchev–Trinajstić information content (AvgIpc) is 2.28. The maximum Gasteiger partial charge on any atom is 0.255 e. The molecule has 0 bridgehead atoms. The summed E-state index contributed by atoms with van der Waals surface area (Å²) in [6, 6.07) is 4.29. The molecule has 0 radical (unpaired) electrons. The van der Waals surface area contributed by atoms with Crippen LogP contribution < -0.4 is 0 Å². The number of benzene rings is 1. The molecule has 16 heavy (non-hydrogen) atoms. The van der Waals surface area contributed by atoms with E-state index in [1.807, 2.05) is 0 Å². The van der Waals surface area contributed by atoms with Crippen LogP contribution in [0.25, 0.3) is 0 Å². The number of methoxy groups -OCH3 is 1. The van der Waals surface area contributed by atoms with Gasteiger partial charge in [0.25, 0.3) is 5.91 Å². The van der Waals surface area contributed by atoms with Gasteiger partial charge in [0.1, 0.15) is 5.75 Å². The van der Waals surface area contributed by atoms with E-state index in [0.29, 0.717) is 23.7 Å². The lowest BCUT2D eigenvalue weighted by Crippen LogP contribution is -2.30. The van der Waals surface area contributed by atoms with Gasteiger partial charge in [-0.15, -0.1) is 0 Å². The highest BCUT2D eigenvalue weighted by Crippen LogP contribution is 2.22. The van der Waals surface area contributed by atoms with Crippen molar-refractivity contribution in [1.82, 2.24) is 4.90 Å². The largest absolute Gasteiger partial charge is 0.508 e. The first-order chi connectivity index (χ1) is 7.56. The van der Waals surface area contributed by atoms with Crippen LogP contribution in [-0.2, 0) is 4.74 Å². The number of aromatic hydroxyl groups is 1. The van der Waals surface area contributed by atoms with Gasteiger partial charge in [-0.25, -0.2) is 0 Å². The molecule has 0 unspecified atom stereocenters. The molecule has 1 amide bonds. The summed E-state index contributed by atoms with van der Waals surface area (Å²) in [5.41, 5.74) is 0.292. The van der Waals surface area contributed by atoms with E-state index in [2.05, 4.69) is 0 Å². The molecule has 1 aromatic rings. The maximum absolute atomic E-state index is 11.9. The molecule has 0 saturated carbocycles. The number of carbonyl (C=O) groups excluding carboxylic acids is 1. The first-order valence-corrected chi connectivity index (χ1v) is 5.17. The molecule has 0 aliphatic carbocycles. The van der Waals surface area contributed by atoms with Crippen LogP contribution in [0.4, 0.5) is 0 Å². The second-order valence-corrected chi connectivity index (χ2v) is 3.79. The van der Waals surface area contributed by atoms with E-state index in [-0.39, 0.29) is 11.7 Å². The summed E-state index contributed by atoms with van der Waals surface area (Å²) in [5, 5.41) is 9.62. The number of rotatable bonds is 4. The Morgan fingerprint density at radius 3 is 2.88 bits per heavy atom. The van der Waals surface area contributed by atoms with Crippen LogP contribution in [0.2, 0.25) is 5.02 Å². The lowest BCUT2D eigenvalue weighted by Gasteiger charge is -2.17. The summed E-state index contributed by atoms with van der Waals surface area (Å²) in [4.78, 5) is 13.4. The standard InChI is InChI=1S/C11H14ClNO3/c1-13(5-6-16-2)11(15)9-7-8(14)3-4-10(9)12/h3-4,7,14H,5-6H2,1-2H3. The van der Waals surface area contributed by atoms with E-state index in [4.69, 9.17) is 16.3 Å². The molecule has 1 aromatic carbocycles. The van der Waals surface area contributed by atoms with Gasteiger partial charge < -0.3 is 14.7 Å². The van der Waals surface area contributed by atoms with Crippen molar-refractivity contribution < 1.29 is 14.6 Å². The summed E-state index contributed by atoms with van der Waals surface area (Å²) >= 11 is 5.88. The molecule has 0 fully saturated rings. The van der Waals surface area contributed by atoms with Crippen molar-refractivity contribution in [2.75, 3.05) is 27.3 Å². The monoisotopic (exact) mass is 243 g/mol. The lowest BCUT2D eigenvalue weighted by atomic mass is 10.2. The molecule has 5 heteroatoms. The lowest BCUT2D eigenvalue weighted by molar-refractivity contribution is 0.0744. The van der Waals surface area contributed by atoms with E-state index in [1.165, 1.54) is 23.1 Å². The Morgan fingerprint density at radius 2 is 2.25 bits per heavy atom. The molecule has 88 valence electrons. The van der Waals surface area contributed by atoms with E-state index in [1.54, 1.807) is 14.2 Å². The number of hydrogen-bond acceptors (Lipinski definition) is 3. The van der Waals surface area contributed by atoms with E-state index >= 15 is 0 Å². The second kappa shape index (κ2) is 5.72. The Kier molecular flexibility index (Phi) is 4.58. The Balaban J connectivity index is 2.83. The minimum Gasteiger partial charge on any atom is -0.508 e. The summed E-state index contributed by atoms with van der Waals surface area (Å²) in [6.07, 6.45) is 0. The highest BCUT2D eigenvalue weighted by molar-refractivity contribution is 6.33. The molecule has 0 heterocycles. The van der Waals surface area contributed by atoms with Gasteiger partial charge in [0.2, 0.25) is 0 Å². The van der Waals surface area contributed by atoms with Crippen molar-refractivity contribution in [2.24, 2.45) is 0 Å². The van der Waals surface area contributed by atoms with Crippen LogP contribution in [0, 0.1) is 0 Å². The third kappa shape index (κ3) is 3.12. The van der Waals surface area contributed by atoms with Gasteiger partial charge >= 0.3 is 0 Å². The third-order valence-corrected chi connectivity index (χ3v) is 2.49. The zero-order valence-corrected chi connectivity index (χ0v) is 9.99. The minimum absolute atomic E-state index is 0.0212. The number of phenols is 1. The summed E-state index contributed by atoms with van der Waals surface area (Å²) < 4.78 is 4.88. The summed E-state index contributed by atoms with van der Waals surface area (Å²) in [7, 11) is 3.22. The summed E-state index contributed by atoms with van der Waals surface area (Å²) in [6.45, 7) is 0.931. The molecule has 0 aromatic heterocycles. The molecule has 0 aliphatic heterocycles. The van der Waals surface area contributed by atoms with Crippen LogP contribution in [-0.4, -0.2) is 43.2 Å². The third-order valence-electron chi connectivity index (χ3n) is 2.16. The summed E-state index contributed by atoms with van der Waals surface area (Å²) in [5.74, 6) is -0.217. The van der Waals surface area contributed by atoms with Crippen molar-refractivity contribution in [1.29, 1.82) is 0 Å². The predicted octanol–water partition coefficient (Wildman–Crippen LogP) is 1.76. The zero-order valence-electron chi connectivity index (χ0n) is 9.24. The molecular weight excluding hydrogens is 230 g/mol. The number of nitrogens with zero attached hydrogens (tertiary/aromatic N) is 1. The fourth-order valence-electron chi connectivity index (χ4n) is 1.21. The van der Waals surface area contributed by atoms with Gasteiger partial charge in [0.05, 0.1) is 17.2 Å². The number of halogens is 1. The maximum atomic E-state index is 11.9. The quantitative estimate of drug-likeness (QED) is 0.877. The Labute approximate surface area is 99.4 Å². The second-order valence-electron chi connectivity index (χ2n) is 3.38. The number of ether oxygens (including phenoxy) is 1. The molecule has 0 saturated heterocycles. The fraction of sp³-hybridized carbons (Fsp3) is 0.364. The highest BCUT2D eigenvalue weighted by atomic mass is 35.5. The van der Waals surface area contributed by atoms with Gasteiger partial charge in [-0.05, 0) is 18.2 Å². The van der Waals surface area contributed by atoms with E-state index in [0.717, 1.165) is 0 Å². The van der Waals surface area contributed by atoms with Crippen LogP contribution >= 0.6 is 11.6 Å². The normalized spacial score (nSPS) is 10.2. The van der Waals surface area contributed by atoms with Crippen molar-refractivity contribution >= 4 is 17.5 Å². The number of phenolic OH excluding ortho intramolecular Hbond substituents is 1. The smallest absolute Gasteiger partial charge is 0.255 e. The van der Waals surface area contributed by atoms with Crippen LogP contribution in [0.1, 0.15) is 10.4 Å². The fourth-order valence-corrected chi connectivity index (χ4v) is 1.41. The number of hydrogen-bond donors (Lipinski definition) is 1. The van der Waals surface area contributed by atoms with Crippen molar-refractivity contribution in [3.05, 3.63) is 28.8 Å². The highest BCUT2D eigenvalue weighted by Gasteiger charge is 2.15. The van der Waals surface area contributed by atoms with Crippen LogP contribution in [0.15, 0.2) is 18.2 Å². The minimum atomic E-state index is -0.238. The van der Waals surface area contributed by atoms with E-state index < -0.39 is 0 Å². The van der Waals surface area contributed by atoms with Gasteiger partial charge in [0, 0.05) is 20.7 Å². The average molecular weight is 244 g/mol. The van der Waals surface area contributed by atoms with Gasteiger partial charge in [-0.1, -0.05) is 11.6 Å². The van der Waals surface area contributed by atoms with E-state index in [9.17, 15) is 9.90 Å². The Bertz CT molecular complexity index is 381. The molecule has 4 nitrogen and oxygen atoms in total. The topological polar surface area (TPSA) is 49.8 Å².